The second-order valence-electron chi connectivity index (χ2n) is 5.26. The maximum atomic E-state index is 12.1. The van der Waals surface area contributed by atoms with Crippen LogP contribution in [0.3, 0.4) is 0 Å². The molecule has 0 saturated heterocycles. The third kappa shape index (κ3) is 4.71. The highest BCUT2D eigenvalue weighted by Crippen LogP contribution is 2.19. The lowest BCUT2D eigenvalue weighted by Crippen LogP contribution is -2.61. The minimum atomic E-state index is -0.537. The number of rotatable bonds is 7. The number of amides is 1. The number of unbranched alkanes of at least 4 members (excludes halogenated alkanes) is 1. The van der Waals surface area contributed by atoms with Gasteiger partial charge in [0.15, 0.2) is 0 Å². The van der Waals surface area contributed by atoms with Gasteiger partial charge in [-0.05, 0) is 33.2 Å². The number of aliphatic hydroxyl groups excluding tert-OH is 1. The Morgan fingerprint density at radius 1 is 1.29 bits per heavy atom. The number of nitrogens with zero attached hydrogens (tertiary/aromatic N) is 1. The molecule has 0 aliphatic carbocycles. The summed E-state index contributed by atoms with van der Waals surface area (Å²) in [5.74, 6) is -0.0522. The molecule has 5 N–H and O–H groups in total. The Hall–Kier alpha value is -0.490. The van der Waals surface area contributed by atoms with E-state index in [0.717, 1.165) is 19.3 Å². The maximum absolute atomic E-state index is 12.1. The topological polar surface area (TPSA) is 89.3 Å². The van der Waals surface area contributed by atoms with Gasteiger partial charge < -0.3 is 16.6 Å². The molecular formula is C12H28N3O2+. The Bertz CT molecular complexity index is 240. The van der Waals surface area contributed by atoms with Gasteiger partial charge in [-0.25, -0.2) is 4.79 Å². The Morgan fingerprint density at radius 3 is 2.18 bits per heavy atom. The zero-order valence-corrected chi connectivity index (χ0v) is 11.5. The summed E-state index contributed by atoms with van der Waals surface area (Å²) < 4.78 is 0.125. The van der Waals surface area contributed by atoms with Gasteiger partial charge in [-0.2, -0.15) is 0 Å². The molecule has 0 aromatic rings. The molecule has 0 aromatic carbocycles. The fraction of sp³-hybridized carbons (Fsp3) is 0.917. The van der Waals surface area contributed by atoms with Crippen molar-refractivity contribution in [3.8, 4) is 0 Å². The summed E-state index contributed by atoms with van der Waals surface area (Å²) in [5, 5.41) is 9.84. The van der Waals surface area contributed by atoms with Crippen LogP contribution in [-0.4, -0.2) is 54.3 Å². The van der Waals surface area contributed by atoms with Gasteiger partial charge in [0, 0.05) is 6.42 Å². The standard InChI is InChI=1S/C12H28N3O2/c1-9(14)12(17)15(3,4)11(10(2)16)7-5-6-8-13/h9-11,16H,5-8,13-14H2,1-4H3/q+1. The maximum Gasteiger partial charge on any atom is 0.330 e. The van der Waals surface area contributed by atoms with Crippen molar-refractivity contribution < 1.29 is 14.4 Å². The van der Waals surface area contributed by atoms with Gasteiger partial charge in [-0.1, -0.05) is 0 Å². The SMILES string of the molecule is CC(N)C(=O)[N+](C)(C)C(CCCCN)C(C)O. The lowest BCUT2D eigenvalue weighted by atomic mass is 10.0. The normalized spacial score (nSPS) is 17.6. The molecule has 0 rings (SSSR count). The number of hydrogen-bond acceptors (Lipinski definition) is 4. The molecule has 0 aliphatic heterocycles. The second-order valence-corrected chi connectivity index (χ2v) is 5.26. The van der Waals surface area contributed by atoms with Crippen LogP contribution in [0.25, 0.3) is 0 Å². The minimum absolute atomic E-state index is 0.0522. The van der Waals surface area contributed by atoms with E-state index >= 15 is 0 Å². The van der Waals surface area contributed by atoms with Crippen LogP contribution in [0.15, 0.2) is 0 Å². The fourth-order valence-corrected chi connectivity index (χ4v) is 2.29. The number of nitrogens with two attached hydrogens (primary N) is 2. The summed E-state index contributed by atoms with van der Waals surface area (Å²) in [6.45, 7) is 4.05. The Kier molecular flexibility index (Phi) is 6.85. The first-order valence-electron chi connectivity index (χ1n) is 6.27. The Balaban J connectivity index is 4.72. The molecule has 0 saturated carbocycles. The summed E-state index contributed by atoms with van der Waals surface area (Å²) in [5.41, 5.74) is 11.1. The van der Waals surface area contributed by atoms with Crippen LogP contribution in [0.5, 0.6) is 0 Å². The summed E-state index contributed by atoms with van der Waals surface area (Å²) in [6, 6.07) is -0.638. The number of carbonyl (C=O) groups is 1. The Morgan fingerprint density at radius 2 is 1.82 bits per heavy atom. The summed E-state index contributed by atoms with van der Waals surface area (Å²) in [7, 11) is 3.62. The van der Waals surface area contributed by atoms with Gasteiger partial charge in [-0.3, -0.25) is 4.48 Å². The number of quaternary nitrogens is 1. The van der Waals surface area contributed by atoms with Crippen LogP contribution >= 0.6 is 0 Å². The number of likely N-dealkylation sites (N-methyl/N-ethyl adjacent to an activating group) is 1. The number of carbonyl (C=O) groups excluding carboxylic acids is 1. The highest BCUT2D eigenvalue weighted by Gasteiger charge is 2.39. The smallest absolute Gasteiger partial charge is 0.330 e. The molecule has 0 aliphatic rings. The van der Waals surface area contributed by atoms with Crippen molar-refractivity contribution in [1.29, 1.82) is 0 Å². The van der Waals surface area contributed by atoms with E-state index in [1.807, 2.05) is 14.1 Å². The molecule has 0 spiro atoms. The molecule has 0 bridgehead atoms. The first-order valence-corrected chi connectivity index (χ1v) is 6.27. The van der Waals surface area contributed by atoms with Crippen LogP contribution in [0, 0.1) is 0 Å². The van der Waals surface area contributed by atoms with Gasteiger partial charge >= 0.3 is 5.91 Å². The molecule has 5 nitrogen and oxygen atoms in total. The van der Waals surface area contributed by atoms with Crippen LogP contribution in [-0.2, 0) is 4.79 Å². The lowest BCUT2D eigenvalue weighted by Gasteiger charge is -2.38. The highest BCUT2D eigenvalue weighted by molar-refractivity contribution is 5.74. The zero-order chi connectivity index (χ0) is 13.6. The summed E-state index contributed by atoms with van der Waals surface area (Å²) in [6.07, 6.45) is 2.07. The van der Waals surface area contributed by atoms with E-state index in [-0.39, 0.29) is 16.4 Å². The van der Waals surface area contributed by atoms with E-state index in [9.17, 15) is 9.90 Å². The van der Waals surface area contributed by atoms with Gasteiger partial charge in [-0.15, -0.1) is 0 Å². The predicted octanol–water partition coefficient (Wildman–Crippen LogP) is -0.185. The van der Waals surface area contributed by atoms with E-state index in [1.54, 1.807) is 13.8 Å². The zero-order valence-electron chi connectivity index (χ0n) is 11.5. The van der Waals surface area contributed by atoms with Crippen LogP contribution < -0.4 is 11.5 Å². The lowest BCUT2D eigenvalue weighted by molar-refractivity contribution is -0.846. The molecule has 17 heavy (non-hydrogen) atoms. The molecule has 0 radical (unpaired) electrons. The number of aliphatic hydroxyl groups is 1. The van der Waals surface area contributed by atoms with Crippen molar-refractivity contribution in [3.05, 3.63) is 0 Å². The molecule has 0 aromatic heterocycles. The molecule has 3 atom stereocenters. The van der Waals surface area contributed by atoms with Gasteiger partial charge in [0.2, 0.25) is 0 Å². The van der Waals surface area contributed by atoms with Gasteiger partial charge in [0.05, 0.1) is 14.1 Å². The van der Waals surface area contributed by atoms with E-state index < -0.39 is 12.1 Å². The average molecular weight is 246 g/mol. The van der Waals surface area contributed by atoms with E-state index in [4.69, 9.17) is 11.5 Å². The molecule has 102 valence electrons. The van der Waals surface area contributed by atoms with E-state index in [2.05, 4.69) is 0 Å². The molecule has 0 heterocycles. The summed E-state index contributed by atoms with van der Waals surface area (Å²) >= 11 is 0. The fourth-order valence-electron chi connectivity index (χ4n) is 2.29. The average Bonchev–Trinajstić information content (AvgIpc) is 2.22. The molecule has 0 fully saturated rings. The van der Waals surface area contributed by atoms with Gasteiger partial charge in [0.25, 0.3) is 0 Å². The molecule has 1 amide bonds. The van der Waals surface area contributed by atoms with Crippen molar-refractivity contribution >= 4 is 5.91 Å². The van der Waals surface area contributed by atoms with Gasteiger partial charge in [0.1, 0.15) is 18.2 Å². The minimum Gasteiger partial charge on any atom is -0.387 e. The molecular weight excluding hydrogens is 218 g/mol. The molecule has 3 unspecified atom stereocenters. The third-order valence-electron chi connectivity index (χ3n) is 3.30. The largest absolute Gasteiger partial charge is 0.387 e. The Labute approximate surface area is 104 Å². The van der Waals surface area contributed by atoms with Crippen molar-refractivity contribution in [2.24, 2.45) is 11.5 Å². The van der Waals surface area contributed by atoms with Crippen LogP contribution in [0.4, 0.5) is 0 Å². The van der Waals surface area contributed by atoms with E-state index in [0.29, 0.717) is 6.54 Å². The van der Waals surface area contributed by atoms with Crippen molar-refractivity contribution in [2.45, 2.75) is 51.3 Å². The number of hydrogen-bond donors (Lipinski definition) is 3. The monoisotopic (exact) mass is 246 g/mol. The quantitative estimate of drug-likeness (QED) is 0.429. The van der Waals surface area contributed by atoms with Crippen LogP contribution in [0.1, 0.15) is 33.1 Å². The van der Waals surface area contributed by atoms with Crippen molar-refractivity contribution in [1.82, 2.24) is 0 Å². The first kappa shape index (κ1) is 16.5. The van der Waals surface area contributed by atoms with Crippen molar-refractivity contribution in [2.75, 3.05) is 20.6 Å². The third-order valence-corrected chi connectivity index (χ3v) is 3.30. The first-order chi connectivity index (χ1) is 7.75. The van der Waals surface area contributed by atoms with Crippen molar-refractivity contribution in [3.63, 3.8) is 0 Å². The van der Waals surface area contributed by atoms with Crippen LogP contribution in [0.2, 0.25) is 0 Å². The van der Waals surface area contributed by atoms with E-state index in [1.165, 1.54) is 0 Å². The predicted molar refractivity (Wildman–Crippen MR) is 69.1 cm³/mol. The second kappa shape index (κ2) is 7.06. The summed E-state index contributed by atoms with van der Waals surface area (Å²) in [4.78, 5) is 12.1. The molecule has 5 heteroatoms. The highest BCUT2D eigenvalue weighted by atomic mass is 16.3.